The quantitative estimate of drug-likeness (QED) is 0.268. The Balaban J connectivity index is 1.49. The average Bonchev–Trinajstić information content (AvgIpc) is 3.26. The van der Waals surface area contributed by atoms with Crippen LogP contribution in [-0.4, -0.2) is 61.4 Å². The van der Waals surface area contributed by atoms with Crippen LogP contribution in [0.15, 0.2) is 78.0 Å². The zero-order valence-corrected chi connectivity index (χ0v) is 23.1. The molecule has 3 aromatic heterocycles. The molecule has 0 atom stereocenters. The number of benzene rings is 2. The Kier molecular flexibility index (Phi) is 7.76. The van der Waals surface area contributed by atoms with Crippen molar-refractivity contribution in [2.24, 2.45) is 0 Å². The van der Waals surface area contributed by atoms with Crippen molar-refractivity contribution in [3.63, 3.8) is 0 Å². The van der Waals surface area contributed by atoms with E-state index in [1.165, 1.54) is 15.5 Å². The summed E-state index contributed by atoms with van der Waals surface area (Å²) in [4.78, 5) is 53.4. The maximum absolute atomic E-state index is 13.9. The molecule has 42 heavy (non-hydrogen) atoms. The minimum absolute atomic E-state index is 0.101. The lowest BCUT2D eigenvalue weighted by Crippen LogP contribution is -2.22. The largest absolute Gasteiger partial charge is 0.382 e. The standard InChI is InChI=1S/C30H27N9O3/c1-19-13-14-32-24(16-19)36-29(41)20-9-11-22(12-10-20)38-26-27(31)33-18-34-28(26)39(30(38)42)23-7-4-6-21(17-23)35-25(40)8-5-15-37(2)3/h4,6-7,9-14,16-18H,15H2,1-3H3,(H,35,40)(H2,31,33,34)(H,32,36,41). The van der Waals surface area contributed by atoms with Crippen molar-refractivity contribution in [3.8, 4) is 23.2 Å². The highest BCUT2D eigenvalue weighted by Gasteiger charge is 2.21. The van der Waals surface area contributed by atoms with Gasteiger partial charge in [-0.1, -0.05) is 12.0 Å². The Morgan fingerprint density at radius 1 is 0.952 bits per heavy atom. The predicted molar refractivity (Wildman–Crippen MR) is 161 cm³/mol. The second-order valence-corrected chi connectivity index (χ2v) is 9.65. The van der Waals surface area contributed by atoms with Crippen LogP contribution in [0.4, 0.5) is 17.3 Å². The minimum atomic E-state index is -0.474. The number of hydrogen-bond acceptors (Lipinski definition) is 8. The number of nitrogen functional groups attached to an aromatic ring is 1. The lowest BCUT2D eigenvalue weighted by atomic mass is 10.2. The van der Waals surface area contributed by atoms with Crippen molar-refractivity contribution in [1.82, 2.24) is 29.0 Å². The van der Waals surface area contributed by atoms with Gasteiger partial charge in [0.25, 0.3) is 11.8 Å². The minimum Gasteiger partial charge on any atom is -0.382 e. The highest BCUT2D eigenvalue weighted by Crippen LogP contribution is 2.24. The van der Waals surface area contributed by atoms with E-state index in [4.69, 9.17) is 5.73 Å². The highest BCUT2D eigenvalue weighted by atomic mass is 16.2. The molecule has 0 aliphatic carbocycles. The molecule has 0 saturated carbocycles. The van der Waals surface area contributed by atoms with E-state index in [0.29, 0.717) is 40.5 Å². The molecule has 0 aliphatic rings. The maximum atomic E-state index is 13.9. The van der Waals surface area contributed by atoms with Gasteiger partial charge < -0.3 is 16.4 Å². The fourth-order valence-corrected chi connectivity index (χ4v) is 4.24. The first-order valence-corrected chi connectivity index (χ1v) is 12.8. The molecule has 0 unspecified atom stereocenters. The number of aromatic nitrogens is 5. The van der Waals surface area contributed by atoms with Crippen molar-refractivity contribution >= 4 is 40.3 Å². The number of anilines is 3. The lowest BCUT2D eigenvalue weighted by Gasteiger charge is -2.08. The number of hydrogen-bond donors (Lipinski definition) is 3. The van der Waals surface area contributed by atoms with Crippen molar-refractivity contribution in [2.75, 3.05) is 37.0 Å². The van der Waals surface area contributed by atoms with Gasteiger partial charge in [0, 0.05) is 17.4 Å². The van der Waals surface area contributed by atoms with E-state index in [1.54, 1.807) is 60.8 Å². The first-order valence-electron chi connectivity index (χ1n) is 12.8. The fourth-order valence-electron chi connectivity index (χ4n) is 4.24. The molecule has 3 heterocycles. The lowest BCUT2D eigenvalue weighted by molar-refractivity contribution is -0.111. The molecular weight excluding hydrogens is 534 g/mol. The first-order chi connectivity index (χ1) is 20.2. The van der Waals surface area contributed by atoms with Crippen LogP contribution in [0, 0.1) is 18.8 Å². The monoisotopic (exact) mass is 561 g/mol. The second-order valence-electron chi connectivity index (χ2n) is 9.65. The van der Waals surface area contributed by atoms with E-state index in [0.717, 1.165) is 5.56 Å². The Labute approximate surface area is 240 Å². The Morgan fingerprint density at radius 3 is 2.48 bits per heavy atom. The zero-order valence-electron chi connectivity index (χ0n) is 23.1. The van der Waals surface area contributed by atoms with Crippen LogP contribution in [0.3, 0.4) is 0 Å². The van der Waals surface area contributed by atoms with Gasteiger partial charge in [0.05, 0.1) is 17.9 Å². The van der Waals surface area contributed by atoms with E-state index < -0.39 is 11.6 Å². The third kappa shape index (κ3) is 5.86. The van der Waals surface area contributed by atoms with Crippen molar-refractivity contribution in [2.45, 2.75) is 6.92 Å². The summed E-state index contributed by atoms with van der Waals surface area (Å²) < 4.78 is 2.76. The number of nitrogens with zero attached hydrogens (tertiary/aromatic N) is 6. The van der Waals surface area contributed by atoms with Crippen LogP contribution in [0.2, 0.25) is 0 Å². The molecule has 12 heteroatoms. The number of aryl methyl sites for hydroxylation is 1. The molecule has 0 fully saturated rings. The summed E-state index contributed by atoms with van der Waals surface area (Å²) in [6, 6.07) is 16.8. The first kappa shape index (κ1) is 27.8. The van der Waals surface area contributed by atoms with E-state index in [-0.39, 0.29) is 17.4 Å². The van der Waals surface area contributed by atoms with Crippen molar-refractivity contribution < 1.29 is 9.59 Å². The number of amides is 2. The molecule has 0 saturated heterocycles. The van der Waals surface area contributed by atoms with Gasteiger partial charge in [-0.25, -0.2) is 24.3 Å². The summed E-state index contributed by atoms with van der Waals surface area (Å²) >= 11 is 0. The van der Waals surface area contributed by atoms with Gasteiger partial charge in [-0.3, -0.25) is 19.1 Å². The van der Waals surface area contributed by atoms with Gasteiger partial charge in [-0.05, 0) is 87.1 Å². The number of carbonyl (C=O) groups excluding carboxylic acids is 2. The van der Waals surface area contributed by atoms with E-state index in [9.17, 15) is 14.4 Å². The van der Waals surface area contributed by atoms with E-state index in [2.05, 4.69) is 37.4 Å². The molecule has 5 rings (SSSR count). The topological polar surface area (TPSA) is 153 Å². The number of nitrogens with two attached hydrogens (primary N) is 1. The summed E-state index contributed by atoms with van der Waals surface area (Å²) in [5.41, 5.74) is 9.02. The molecule has 210 valence electrons. The normalized spacial score (nSPS) is 10.8. The fraction of sp³-hybridized carbons (Fsp3) is 0.133. The van der Waals surface area contributed by atoms with Crippen LogP contribution in [0.5, 0.6) is 0 Å². The Hall–Kier alpha value is -5.80. The smallest absolute Gasteiger partial charge is 0.339 e. The second kappa shape index (κ2) is 11.7. The van der Waals surface area contributed by atoms with Crippen LogP contribution >= 0.6 is 0 Å². The summed E-state index contributed by atoms with van der Waals surface area (Å²) in [5, 5.41) is 5.49. The summed E-state index contributed by atoms with van der Waals surface area (Å²) in [6.45, 7) is 2.35. The van der Waals surface area contributed by atoms with Gasteiger partial charge >= 0.3 is 5.69 Å². The molecule has 4 N–H and O–H groups in total. The zero-order chi connectivity index (χ0) is 29.8. The summed E-state index contributed by atoms with van der Waals surface area (Å²) in [5.74, 6) is 5.04. The number of rotatable bonds is 6. The van der Waals surface area contributed by atoms with E-state index >= 15 is 0 Å². The van der Waals surface area contributed by atoms with Gasteiger partial charge in [0.15, 0.2) is 11.5 Å². The molecule has 0 aliphatic heterocycles. The number of fused-ring (bicyclic) bond motifs is 1. The van der Waals surface area contributed by atoms with Crippen LogP contribution in [-0.2, 0) is 4.79 Å². The van der Waals surface area contributed by atoms with E-state index in [1.807, 2.05) is 32.0 Å². The third-order valence-corrected chi connectivity index (χ3v) is 6.15. The van der Waals surface area contributed by atoms with Crippen LogP contribution in [0.1, 0.15) is 15.9 Å². The molecular formula is C30H27N9O3. The average molecular weight is 562 g/mol. The molecule has 0 spiro atoms. The Morgan fingerprint density at radius 2 is 1.74 bits per heavy atom. The molecule has 0 bridgehead atoms. The maximum Gasteiger partial charge on any atom is 0.339 e. The van der Waals surface area contributed by atoms with Gasteiger partial charge in [0.2, 0.25) is 0 Å². The van der Waals surface area contributed by atoms with Gasteiger partial charge in [0.1, 0.15) is 17.7 Å². The number of nitrogens with one attached hydrogen (secondary N) is 2. The Bertz CT molecular complexity index is 1930. The number of pyridine rings is 1. The molecule has 2 aromatic carbocycles. The predicted octanol–water partition coefficient (Wildman–Crippen LogP) is 2.61. The SMILES string of the molecule is Cc1ccnc(NC(=O)c2ccc(-n3c(=O)n(-c4cccc(NC(=O)C#CCN(C)C)c4)c4ncnc(N)c43)cc2)c1. The van der Waals surface area contributed by atoms with Gasteiger partial charge in [-0.15, -0.1) is 0 Å². The third-order valence-electron chi connectivity index (χ3n) is 6.15. The molecule has 12 nitrogen and oxygen atoms in total. The molecule has 5 aromatic rings. The van der Waals surface area contributed by atoms with Crippen molar-refractivity contribution in [3.05, 3.63) is 94.8 Å². The number of imidazole rings is 1. The van der Waals surface area contributed by atoms with Crippen LogP contribution < -0.4 is 22.1 Å². The molecule has 0 radical (unpaired) electrons. The summed E-state index contributed by atoms with van der Waals surface area (Å²) in [7, 11) is 3.71. The molecule has 2 amide bonds. The highest BCUT2D eigenvalue weighted by molar-refractivity contribution is 6.04. The van der Waals surface area contributed by atoms with Gasteiger partial charge in [-0.2, -0.15) is 0 Å². The number of carbonyl (C=O) groups is 2. The van der Waals surface area contributed by atoms with Crippen molar-refractivity contribution in [1.29, 1.82) is 0 Å². The summed E-state index contributed by atoms with van der Waals surface area (Å²) in [6.07, 6.45) is 2.89. The van der Waals surface area contributed by atoms with Crippen LogP contribution in [0.25, 0.3) is 22.5 Å².